The molecule has 0 fully saturated rings. The van der Waals surface area contributed by atoms with E-state index in [0.717, 1.165) is 76.2 Å². The van der Waals surface area contributed by atoms with Gasteiger partial charge in [0.1, 0.15) is 22.9 Å². The Morgan fingerprint density at radius 2 is 1.53 bits per heavy atom. The molecular weight excluding hydrogens is 605 g/mol. The third kappa shape index (κ3) is 7.95. The zero-order valence-corrected chi connectivity index (χ0v) is 27.9. The summed E-state index contributed by atoms with van der Waals surface area (Å²) in [6, 6.07) is 33.3. The minimum atomic E-state index is -4.03. The second-order valence-electron chi connectivity index (χ2n) is 12.4. The van der Waals surface area contributed by atoms with Crippen molar-refractivity contribution in [1.29, 1.82) is 0 Å². The van der Waals surface area contributed by atoms with Crippen LogP contribution in [0.5, 0.6) is 5.75 Å². The van der Waals surface area contributed by atoms with Gasteiger partial charge in [-0.15, -0.1) is 0 Å². The van der Waals surface area contributed by atoms with Gasteiger partial charge in [-0.2, -0.15) is 8.42 Å². The molecule has 1 aliphatic rings. The van der Waals surface area contributed by atoms with E-state index in [1.165, 1.54) is 16.7 Å². The third-order valence-corrected chi connectivity index (χ3v) is 9.79. The molecule has 1 atom stereocenters. The molecule has 2 heterocycles. The first kappa shape index (κ1) is 32.5. The van der Waals surface area contributed by atoms with Gasteiger partial charge in [0, 0.05) is 17.4 Å². The zero-order chi connectivity index (χ0) is 32.8. The lowest BCUT2D eigenvalue weighted by molar-refractivity contribution is 0.346. The van der Waals surface area contributed by atoms with E-state index < -0.39 is 10.1 Å². The Kier molecular flexibility index (Phi) is 10.1. The summed E-state index contributed by atoms with van der Waals surface area (Å²) in [5.74, 6) is 2.32. The third-order valence-electron chi connectivity index (χ3n) is 8.98. The molecule has 0 amide bonds. The van der Waals surface area contributed by atoms with E-state index in [9.17, 15) is 13.0 Å². The van der Waals surface area contributed by atoms with Crippen LogP contribution in [-0.4, -0.2) is 18.7 Å². The number of fused-ring (bicyclic) bond motifs is 2. The van der Waals surface area contributed by atoms with Gasteiger partial charge in [0.15, 0.2) is 0 Å². The van der Waals surface area contributed by atoms with Crippen molar-refractivity contribution in [3.05, 3.63) is 131 Å². The molecule has 0 radical (unpaired) electrons. The van der Waals surface area contributed by atoms with Gasteiger partial charge in [-0.1, -0.05) is 93.1 Å². The van der Waals surface area contributed by atoms with Gasteiger partial charge >= 0.3 is 0 Å². The number of furan rings is 1. The van der Waals surface area contributed by atoms with Crippen molar-refractivity contribution >= 4 is 27.2 Å². The van der Waals surface area contributed by atoms with Crippen LogP contribution in [0, 0.1) is 0 Å². The Balaban J connectivity index is 1.35. The molecule has 0 aliphatic carbocycles. The number of benzene rings is 4. The van der Waals surface area contributed by atoms with Crippen LogP contribution < -0.4 is 4.74 Å². The Morgan fingerprint density at radius 1 is 0.851 bits per heavy atom. The van der Waals surface area contributed by atoms with Gasteiger partial charge in [0.2, 0.25) is 0 Å². The predicted molar refractivity (Wildman–Crippen MR) is 192 cm³/mol. The number of hydrogen-bond donors (Lipinski definition) is 1. The quantitative estimate of drug-likeness (QED) is 0.137. The maximum atomic E-state index is 11.5. The lowest BCUT2D eigenvalue weighted by Gasteiger charge is -2.28. The minimum absolute atomic E-state index is 0.0521. The van der Waals surface area contributed by atoms with Crippen molar-refractivity contribution in [2.75, 3.05) is 5.75 Å². The maximum absolute atomic E-state index is 11.5. The summed E-state index contributed by atoms with van der Waals surface area (Å²) in [6.07, 6.45) is 9.79. The Bertz CT molecular complexity index is 2000. The molecule has 242 valence electrons. The van der Waals surface area contributed by atoms with Gasteiger partial charge in [-0.25, -0.2) is 0 Å². The average molecular weight is 647 g/mol. The Labute approximate surface area is 278 Å². The molecule has 0 saturated heterocycles. The van der Waals surface area contributed by atoms with Gasteiger partial charge in [-0.3, -0.25) is 4.55 Å². The van der Waals surface area contributed by atoms with E-state index in [4.69, 9.17) is 9.15 Å². The topological polar surface area (TPSA) is 76.7 Å². The zero-order valence-electron chi connectivity index (χ0n) is 27.1. The van der Waals surface area contributed by atoms with Gasteiger partial charge < -0.3 is 9.15 Å². The lowest BCUT2D eigenvalue weighted by Crippen LogP contribution is -2.15. The van der Waals surface area contributed by atoms with Gasteiger partial charge in [0.25, 0.3) is 10.1 Å². The second-order valence-corrected chi connectivity index (χ2v) is 13.9. The summed E-state index contributed by atoms with van der Waals surface area (Å²) in [5, 5.41) is 1.16. The Hall–Kier alpha value is -4.39. The summed E-state index contributed by atoms with van der Waals surface area (Å²) in [7, 11) is -4.03. The van der Waals surface area contributed by atoms with E-state index in [2.05, 4.69) is 92.7 Å². The normalized spacial score (nSPS) is 15.9. The van der Waals surface area contributed by atoms with Crippen molar-refractivity contribution in [2.45, 2.75) is 64.7 Å². The number of rotatable bonds is 12. The van der Waals surface area contributed by atoms with Crippen molar-refractivity contribution in [3.8, 4) is 28.0 Å². The molecule has 4 aromatic carbocycles. The molecule has 1 aromatic heterocycles. The monoisotopic (exact) mass is 646 g/mol. The van der Waals surface area contributed by atoms with E-state index in [1.807, 2.05) is 30.3 Å². The predicted octanol–water partition coefficient (Wildman–Crippen LogP) is 11.0. The van der Waals surface area contributed by atoms with Crippen molar-refractivity contribution in [3.63, 3.8) is 0 Å². The summed E-state index contributed by atoms with van der Waals surface area (Å²) >= 11 is 0. The second kappa shape index (κ2) is 14.6. The SMILES string of the molecule is CCCCc1c(/C=C(/C=C2/CC(CCCS(=O)(=O)O)c3cc(-c4ccccc4)ccc3O2)CC)oc2ccc(-c3ccccc3)cc12. The first-order valence-corrected chi connectivity index (χ1v) is 18.3. The van der Waals surface area contributed by atoms with Crippen LogP contribution in [0.3, 0.4) is 0 Å². The molecule has 0 spiro atoms. The van der Waals surface area contributed by atoms with Crippen LogP contribution in [0.1, 0.15) is 75.2 Å². The molecule has 1 unspecified atom stereocenters. The highest BCUT2D eigenvalue weighted by Gasteiger charge is 2.26. The number of ether oxygens (including phenoxy) is 1. The van der Waals surface area contributed by atoms with Crippen LogP contribution >= 0.6 is 0 Å². The highest BCUT2D eigenvalue weighted by molar-refractivity contribution is 7.85. The summed E-state index contributed by atoms with van der Waals surface area (Å²) < 4.78 is 45.5. The number of hydrogen-bond acceptors (Lipinski definition) is 4. The lowest BCUT2D eigenvalue weighted by atomic mass is 9.86. The van der Waals surface area contributed by atoms with Crippen LogP contribution in [0.4, 0.5) is 0 Å². The highest BCUT2D eigenvalue weighted by Crippen LogP contribution is 2.43. The van der Waals surface area contributed by atoms with Crippen LogP contribution in [0.2, 0.25) is 0 Å². The first-order valence-electron chi connectivity index (χ1n) is 16.7. The molecule has 6 rings (SSSR count). The number of allylic oxidation sites excluding steroid dienone is 3. The van der Waals surface area contributed by atoms with E-state index >= 15 is 0 Å². The number of aryl methyl sites for hydroxylation is 1. The van der Waals surface area contributed by atoms with Crippen molar-refractivity contribution < 1.29 is 22.1 Å². The largest absolute Gasteiger partial charge is 0.461 e. The van der Waals surface area contributed by atoms with Crippen LogP contribution in [0.15, 0.2) is 119 Å². The molecule has 0 saturated carbocycles. The van der Waals surface area contributed by atoms with Crippen molar-refractivity contribution in [1.82, 2.24) is 0 Å². The molecule has 5 nitrogen and oxygen atoms in total. The standard InChI is InChI=1S/C41H42O5S/c1-3-5-18-36-38-28-33(31-15-10-7-11-16-31)20-22-40(38)46-41(36)25-29(4-2)24-35-26-34(17-12-23-47(42,43)44)37-27-32(19-21-39(37)45-35)30-13-8-6-9-14-30/h6-11,13-16,19-22,24-25,27-28,34H,3-5,12,17-18,23,26H2,1-2H3,(H,42,43,44)/b29-25+,35-24-. The smallest absolute Gasteiger partial charge is 0.264 e. The van der Waals surface area contributed by atoms with Crippen molar-refractivity contribution in [2.24, 2.45) is 0 Å². The molecule has 1 aliphatic heterocycles. The number of unbranched alkanes of at least 4 members (excludes halogenated alkanes) is 1. The Morgan fingerprint density at radius 3 is 2.19 bits per heavy atom. The summed E-state index contributed by atoms with van der Waals surface area (Å²) in [4.78, 5) is 0. The van der Waals surface area contributed by atoms with E-state index in [-0.39, 0.29) is 11.7 Å². The molecule has 0 bridgehead atoms. The minimum Gasteiger partial charge on any atom is -0.461 e. The average Bonchev–Trinajstić information content (AvgIpc) is 3.42. The fraction of sp³-hybridized carbons (Fsp3) is 0.268. The molecule has 1 N–H and O–H groups in total. The van der Waals surface area contributed by atoms with Crippen LogP contribution in [-0.2, 0) is 16.5 Å². The highest BCUT2D eigenvalue weighted by atomic mass is 32.2. The fourth-order valence-electron chi connectivity index (χ4n) is 6.49. The maximum Gasteiger partial charge on any atom is 0.264 e. The van der Waals surface area contributed by atoms with Gasteiger partial charge in [-0.05, 0) is 108 Å². The molecule has 6 heteroatoms. The van der Waals surface area contributed by atoms with Crippen LogP contribution in [0.25, 0.3) is 39.3 Å². The van der Waals surface area contributed by atoms with E-state index in [0.29, 0.717) is 19.3 Å². The molecule has 5 aromatic rings. The van der Waals surface area contributed by atoms with Gasteiger partial charge in [0.05, 0.1) is 5.75 Å². The molecular formula is C41H42O5S. The summed E-state index contributed by atoms with van der Waals surface area (Å²) in [5.41, 5.74) is 8.85. The van der Waals surface area contributed by atoms with E-state index in [1.54, 1.807) is 0 Å². The summed E-state index contributed by atoms with van der Waals surface area (Å²) in [6.45, 7) is 4.35. The fourth-order valence-corrected chi connectivity index (χ4v) is 7.02. The molecule has 47 heavy (non-hydrogen) atoms. The first-order chi connectivity index (χ1) is 22.8.